The summed E-state index contributed by atoms with van der Waals surface area (Å²) in [6.07, 6.45) is 3.90. The lowest BCUT2D eigenvalue weighted by molar-refractivity contribution is 0.101. The van der Waals surface area contributed by atoms with Crippen molar-refractivity contribution in [1.82, 2.24) is 4.57 Å². The molecule has 0 unspecified atom stereocenters. The molecule has 126 valence electrons. The maximum Gasteiger partial charge on any atom is 0.231 e. The fourth-order valence-corrected chi connectivity index (χ4v) is 3.38. The molecule has 2 aromatic carbocycles. The molecule has 4 rings (SSSR count). The van der Waals surface area contributed by atoms with E-state index in [1.165, 1.54) is 0 Å². The Hall–Kier alpha value is -3.01. The van der Waals surface area contributed by atoms with Crippen LogP contribution >= 0.6 is 0 Å². The van der Waals surface area contributed by atoms with E-state index in [2.05, 4.69) is 29.8 Å². The van der Waals surface area contributed by atoms with Crippen LogP contribution in [-0.4, -0.2) is 17.5 Å². The molecule has 0 aliphatic carbocycles. The number of para-hydroxylation sites is 1. The van der Waals surface area contributed by atoms with Crippen LogP contribution in [0.4, 0.5) is 0 Å². The molecule has 0 bridgehead atoms. The average Bonchev–Trinajstić information content (AvgIpc) is 3.15. The van der Waals surface area contributed by atoms with Gasteiger partial charge < -0.3 is 14.0 Å². The molecule has 1 aliphatic heterocycles. The van der Waals surface area contributed by atoms with Gasteiger partial charge in [-0.05, 0) is 38.1 Å². The Morgan fingerprint density at radius 2 is 2.00 bits per heavy atom. The molecule has 1 aromatic heterocycles. The third-order valence-electron chi connectivity index (χ3n) is 4.70. The summed E-state index contributed by atoms with van der Waals surface area (Å²) in [6, 6.07) is 11.7. The van der Waals surface area contributed by atoms with Gasteiger partial charge in [0.2, 0.25) is 5.78 Å². The van der Waals surface area contributed by atoms with Crippen LogP contribution in [0, 0.1) is 6.92 Å². The van der Waals surface area contributed by atoms with E-state index in [4.69, 9.17) is 9.47 Å². The Kier molecular flexibility index (Phi) is 3.61. The van der Waals surface area contributed by atoms with Gasteiger partial charge in [-0.3, -0.25) is 4.79 Å². The predicted molar refractivity (Wildman–Crippen MR) is 98.3 cm³/mol. The number of carbonyl (C=O) groups is 1. The smallest absolute Gasteiger partial charge is 0.231 e. The van der Waals surface area contributed by atoms with Gasteiger partial charge in [0.15, 0.2) is 5.76 Å². The first-order valence-electron chi connectivity index (χ1n) is 8.33. The number of fused-ring (bicyclic) bond motifs is 2. The molecule has 0 fully saturated rings. The zero-order valence-corrected chi connectivity index (χ0v) is 14.5. The van der Waals surface area contributed by atoms with Gasteiger partial charge in [-0.2, -0.15) is 0 Å². The number of benzene rings is 2. The number of aryl methyl sites for hydroxylation is 1. The summed E-state index contributed by atoms with van der Waals surface area (Å²) < 4.78 is 13.4. The second-order valence-electron chi connectivity index (χ2n) is 6.10. The quantitative estimate of drug-likeness (QED) is 0.658. The molecule has 4 heteroatoms. The molecule has 0 saturated carbocycles. The van der Waals surface area contributed by atoms with Crippen LogP contribution in [-0.2, 0) is 6.54 Å². The first kappa shape index (κ1) is 15.5. The molecule has 25 heavy (non-hydrogen) atoms. The van der Waals surface area contributed by atoms with Crippen molar-refractivity contribution in [3.05, 3.63) is 65.0 Å². The van der Waals surface area contributed by atoms with E-state index in [-0.39, 0.29) is 5.78 Å². The van der Waals surface area contributed by atoms with Gasteiger partial charge in [-0.25, -0.2) is 0 Å². The van der Waals surface area contributed by atoms with Crippen molar-refractivity contribution < 1.29 is 14.3 Å². The number of ether oxygens (including phenoxy) is 2. The molecule has 0 N–H and O–H groups in total. The molecular formula is C21H19NO3. The van der Waals surface area contributed by atoms with Crippen molar-refractivity contribution >= 4 is 22.8 Å². The topological polar surface area (TPSA) is 40.5 Å². The minimum absolute atomic E-state index is 0.0888. The van der Waals surface area contributed by atoms with Crippen LogP contribution in [0.2, 0.25) is 0 Å². The molecule has 1 aliphatic rings. The van der Waals surface area contributed by atoms with Crippen LogP contribution in [0.3, 0.4) is 0 Å². The third-order valence-corrected chi connectivity index (χ3v) is 4.70. The molecule has 0 spiro atoms. The monoisotopic (exact) mass is 333 g/mol. The molecule has 0 saturated heterocycles. The summed E-state index contributed by atoms with van der Waals surface area (Å²) in [6.45, 7) is 4.87. The van der Waals surface area contributed by atoms with E-state index < -0.39 is 0 Å². The van der Waals surface area contributed by atoms with Gasteiger partial charge >= 0.3 is 0 Å². The zero-order chi connectivity index (χ0) is 17.6. The first-order chi connectivity index (χ1) is 12.1. The number of Topliss-reactive ketones (excluding diaryl/α,β-unsaturated/α-hetero) is 1. The van der Waals surface area contributed by atoms with Crippen molar-refractivity contribution in [2.75, 3.05) is 7.11 Å². The predicted octanol–water partition coefficient (Wildman–Crippen LogP) is 4.59. The van der Waals surface area contributed by atoms with E-state index in [0.717, 1.165) is 34.3 Å². The van der Waals surface area contributed by atoms with Crippen LogP contribution in [0.5, 0.6) is 11.5 Å². The van der Waals surface area contributed by atoms with Gasteiger partial charge in [-0.1, -0.05) is 18.2 Å². The standard InChI is InChI=1S/C21H19NO3/c1-4-22-12-14(15-7-5-6-8-17(15)22)11-19-20(23)16-9-10-18(24-3)13(2)21(16)25-19/h5-12H,4H2,1-3H3/b19-11-. The number of ketones is 1. The van der Waals surface area contributed by atoms with Crippen molar-refractivity contribution in [2.24, 2.45) is 0 Å². The summed E-state index contributed by atoms with van der Waals surface area (Å²) in [5, 5.41) is 1.11. The Morgan fingerprint density at radius 1 is 1.20 bits per heavy atom. The Balaban J connectivity index is 1.82. The number of carbonyl (C=O) groups excluding carboxylic acids is 1. The Bertz CT molecular complexity index is 1030. The number of hydrogen-bond donors (Lipinski definition) is 0. The van der Waals surface area contributed by atoms with Crippen LogP contribution in [0.15, 0.2) is 48.4 Å². The van der Waals surface area contributed by atoms with E-state index >= 15 is 0 Å². The maximum absolute atomic E-state index is 12.7. The number of methoxy groups -OCH3 is 1. The van der Waals surface area contributed by atoms with Gasteiger partial charge in [-0.15, -0.1) is 0 Å². The fraction of sp³-hybridized carbons (Fsp3) is 0.190. The van der Waals surface area contributed by atoms with Gasteiger partial charge in [0.05, 0.1) is 12.7 Å². The lowest BCUT2D eigenvalue weighted by Crippen LogP contribution is -1.97. The second kappa shape index (κ2) is 5.81. The summed E-state index contributed by atoms with van der Waals surface area (Å²) in [5.74, 6) is 1.57. The molecule has 2 heterocycles. The van der Waals surface area contributed by atoms with Crippen molar-refractivity contribution in [2.45, 2.75) is 20.4 Å². The van der Waals surface area contributed by atoms with E-state index in [1.54, 1.807) is 19.2 Å². The summed E-state index contributed by atoms with van der Waals surface area (Å²) in [7, 11) is 1.61. The summed E-state index contributed by atoms with van der Waals surface area (Å²) in [4.78, 5) is 12.7. The normalized spacial score (nSPS) is 14.8. The van der Waals surface area contributed by atoms with Gasteiger partial charge in [0.1, 0.15) is 11.5 Å². The highest BCUT2D eigenvalue weighted by Gasteiger charge is 2.30. The number of rotatable bonds is 3. The summed E-state index contributed by atoms with van der Waals surface area (Å²) in [5.41, 5.74) is 3.56. The lowest BCUT2D eigenvalue weighted by atomic mass is 10.1. The van der Waals surface area contributed by atoms with E-state index in [1.807, 2.05) is 25.1 Å². The maximum atomic E-state index is 12.7. The molecular weight excluding hydrogens is 314 g/mol. The Labute approximate surface area is 146 Å². The SMILES string of the molecule is CCn1cc(/C=C2\Oc3c(ccc(OC)c3C)C2=O)c2ccccc21. The van der Waals surface area contributed by atoms with Crippen LogP contribution < -0.4 is 9.47 Å². The zero-order valence-electron chi connectivity index (χ0n) is 14.5. The van der Waals surface area contributed by atoms with Crippen LogP contribution in [0.1, 0.15) is 28.4 Å². The van der Waals surface area contributed by atoms with Crippen molar-refractivity contribution in [1.29, 1.82) is 0 Å². The molecule has 0 radical (unpaired) electrons. The highest BCUT2D eigenvalue weighted by molar-refractivity contribution is 6.15. The van der Waals surface area contributed by atoms with E-state index in [0.29, 0.717) is 17.1 Å². The van der Waals surface area contributed by atoms with Gasteiger partial charge in [0, 0.05) is 34.8 Å². The molecule has 0 atom stereocenters. The van der Waals surface area contributed by atoms with Crippen molar-refractivity contribution in [3.8, 4) is 11.5 Å². The highest BCUT2D eigenvalue weighted by atomic mass is 16.5. The average molecular weight is 333 g/mol. The Morgan fingerprint density at radius 3 is 2.76 bits per heavy atom. The van der Waals surface area contributed by atoms with Crippen LogP contribution in [0.25, 0.3) is 17.0 Å². The van der Waals surface area contributed by atoms with Gasteiger partial charge in [0.25, 0.3) is 0 Å². The van der Waals surface area contributed by atoms with Crippen molar-refractivity contribution in [3.63, 3.8) is 0 Å². The number of hydrogen-bond acceptors (Lipinski definition) is 3. The molecule has 0 amide bonds. The largest absolute Gasteiger partial charge is 0.496 e. The number of nitrogens with zero attached hydrogens (tertiary/aromatic N) is 1. The third kappa shape index (κ3) is 2.33. The number of aromatic nitrogens is 1. The molecule has 3 aromatic rings. The number of allylic oxidation sites excluding steroid dienone is 1. The highest BCUT2D eigenvalue weighted by Crippen LogP contribution is 2.39. The summed E-state index contributed by atoms with van der Waals surface area (Å²) >= 11 is 0. The lowest BCUT2D eigenvalue weighted by Gasteiger charge is -2.07. The second-order valence-corrected chi connectivity index (χ2v) is 6.10. The molecule has 4 nitrogen and oxygen atoms in total. The first-order valence-corrected chi connectivity index (χ1v) is 8.33. The minimum atomic E-state index is -0.0888. The van der Waals surface area contributed by atoms with E-state index in [9.17, 15) is 4.79 Å². The minimum Gasteiger partial charge on any atom is -0.496 e. The fourth-order valence-electron chi connectivity index (χ4n) is 3.38.